The molecule has 73 heteroatoms. The molecule has 3 fully saturated rings. The van der Waals surface area contributed by atoms with Crippen molar-refractivity contribution < 1.29 is 177 Å². The second kappa shape index (κ2) is 85.5. The molecule has 0 saturated carbocycles. The van der Waals surface area contributed by atoms with E-state index in [-0.39, 0.29) is 110 Å². The minimum absolute atomic E-state index is 0.0779. The predicted octanol–water partition coefficient (Wildman–Crippen LogP) is -8.82. The van der Waals surface area contributed by atoms with Gasteiger partial charge in [-0.05, 0) is 67.7 Å². The number of carbonyl (C=O) groups excluding carboxylic acids is 16. The average molecular weight is 1940 g/mol. The Morgan fingerprint density at radius 3 is 0.887 bits per heavy atom. The van der Waals surface area contributed by atoms with E-state index in [1.807, 2.05) is 27.7 Å². The van der Waals surface area contributed by atoms with Crippen LogP contribution in [0.3, 0.4) is 0 Å². The Morgan fingerprint density at radius 2 is 0.734 bits per heavy atom. The van der Waals surface area contributed by atoms with Gasteiger partial charge in [-0.1, -0.05) is 6.92 Å². The zero-order chi connectivity index (χ0) is 102. The molecule has 4 aliphatic heterocycles. The van der Waals surface area contributed by atoms with Gasteiger partial charge in [-0.2, -0.15) is 76.7 Å². The van der Waals surface area contributed by atoms with Gasteiger partial charge in [-0.25, -0.2) is 41.3 Å². The second-order valence-corrected chi connectivity index (χ2v) is 30.1. The van der Waals surface area contributed by atoms with Crippen LogP contribution in [0.5, 0.6) is 0 Å². The third kappa shape index (κ3) is 113. The first-order chi connectivity index (χ1) is 56.4. The summed E-state index contributed by atoms with van der Waals surface area (Å²) in [5.41, 5.74) is 36.3. The fraction of sp³-hybridized carbons (Fsp3) is 0.647. The smallest absolute Gasteiger partial charge is 0.370 e. The van der Waals surface area contributed by atoms with Gasteiger partial charge in [0.25, 0.3) is 0 Å². The largest absolute Gasteiger partial charge is 0.451 e. The van der Waals surface area contributed by atoms with Gasteiger partial charge in [0.1, 0.15) is 0 Å². The highest BCUT2D eigenvalue weighted by Crippen LogP contribution is 2.43. The molecule has 0 aromatic rings. The van der Waals surface area contributed by atoms with E-state index < -0.39 is 54.2 Å². The van der Waals surface area contributed by atoms with E-state index >= 15 is 0 Å². The molecule has 720 valence electrons. The number of aliphatic imine (C=N–C) groups is 2. The number of hydrogen-bond acceptors (Lipinski definition) is 31. The maximum absolute atomic E-state index is 10.8. The molecular weight excluding hydrogens is 1830 g/mol. The Morgan fingerprint density at radius 1 is 0.444 bits per heavy atom. The third-order valence-electron chi connectivity index (χ3n) is 11.9. The summed E-state index contributed by atoms with van der Waals surface area (Å²) in [4.78, 5) is 270. The first kappa shape index (κ1) is 145. The molecule has 124 heavy (non-hydrogen) atoms. The van der Waals surface area contributed by atoms with Crippen molar-refractivity contribution in [3.63, 3.8) is 0 Å². The number of likely N-dealkylation sites (N-methyl/N-ethyl adjacent to an activating group) is 3. The third-order valence-corrected chi connectivity index (χ3v) is 16.3. The van der Waals surface area contributed by atoms with Crippen LogP contribution in [0.1, 0.15) is 74.7 Å². The number of likely N-dealkylation sites (tertiary alicyclic amines) is 1. The van der Waals surface area contributed by atoms with E-state index in [1.165, 1.54) is 51.4 Å². The number of nitrogens with zero attached hydrogens (tertiary/aromatic N) is 17. The molecule has 66 nitrogen and oxygen atoms in total. The highest BCUT2D eigenvalue weighted by atomic mass is 31.2. The van der Waals surface area contributed by atoms with Gasteiger partial charge in [0.05, 0.1) is 12.4 Å². The van der Waals surface area contributed by atoms with Crippen molar-refractivity contribution in [2.24, 2.45) is 69.2 Å². The summed E-state index contributed by atoms with van der Waals surface area (Å²) in [7, 11) is -18.9. The van der Waals surface area contributed by atoms with E-state index in [2.05, 4.69) is 45.8 Å². The Kier molecular flexibility index (Phi) is 99.8. The van der Waals surface area contributed by atoms with Gasteiger partial charge in [0, 0.05) is 141 Å². The molecule has 4 rings (SSSR count). The average Bonchev–Trinajstić information content (AvgIpc) is 1.70. The van der Waals surface area contributed by atoms with E-state index in [9.17, 15) is 32.0 Å². The molecule has 0 unspecified atom stereocenters. The number of nitrogens with one attached hydrogen (secondary N) is 5. The SMILES string of the molecule is CC(=N)N1CCCC1.CCCN(C)C(N)=NP(=O)(O)O.CCN(C)C(=N)N.CCN(C)C(N)=NP(=O)(O)O.CCN(C)C(N)=NP(=O)(O)O.CCN1CCN(P(=O)(O)O)C1=N.CCN1CCN=C1N.CCN=C(N)NP(=O)(O)O.CN(C)C(N)=NP(=O)(O)O.CN1CCN(P(=O)(O)O)C1=N.O=C=O.O=C=O.O=C=O.O=C=O.O=C=O.O=C=O.O=C=O.O=C=O. The Bertz CT molecular complexity index is 3640. The van der Waals surface area contributed by atoms with Crippen LogP contribution in [0.4, 0.5) is 0 Å². The minimum atomic E-state index is -4.38. The van der Waals surface area contributed by atoms with Gasteiger partial charge < -0.3 is 153 Å². The van der Waals surface area contributed by atoms with Crippen molar-refractivity contribution in [3.8, 4) is 0 Å². The summed E-state index contributed by atoms with van der Waals surface area (Å²) in [6, 6.07) is 0. The van der Waals surface area contributed by atoms with Crippen LogP contribution in [-0.2, 0) is 109 Å². The Labute approximate surface area is 709 Å². The molecule has 3 saturated heterocycles. The number of nitrogens with two attached hydrogens (primary N) is 7. The van der Waals surface area contributed by atoms with E-state index in [0.29, 0.717) is 51.8 Å². The fourth-order valence-electron chi connectivity index (χ4n) is 6.08. The normalized spacial score (nSPS) is 12.8. The van der Waals surface area contributed by atoms with Crippen molar-refractivity contribution in [1.29, 1.82) is 21.6 Å². The summed E-state index contributed by atoms with van der Waals surface area (Å²) in [5.74, 6) is 0.498. The molecule has 0 atom stereocenters. The van der Waals surface area contributed by atoms with Crippen molar-refractivity contribution >= 4 is 163 Å². The standard InChI is InChI=1S/C6H12N2.C5H12N3O3P.C5H14N3O3P.C5H11N3.C4H10N3O3P.2C4H12N3O3P.C4H11N3.2C3H10N3O3P.8CO2/c1-6(7)8-4-2-3-5-8;1-2-7-3-4-8(5(7)6)12(9,10)11;1-3-4-8(2)5(6)7-12(9,10)11;1-2-8-4-3-7-5(8)6;1-6-2-3-7(4(6)5)11(8,9)10;2*1-3-7(2)4(5)6-11(8,9)10;1-3-7(2)4(5)6;1-6(2)3(4)5-10(7,8)9;1-2-5-3(4)6-10(7,8)9;8*2-1-3/h7H,2-5H2,1H3;6H,2-4H2,1H3,(H2,9,10,11);3-4H2,1-2H3,(H4,6,7,9,10,11);2-4H2,1H3,(H2,6,7);5H,2-3H2,1H3,(H2,8,9,10);2*3H2,1-2H3,(H4,5,6,8,9,10);3H2,1-2H3,(H3,5,6);1-2H3,(H4,4,5,7,8,9);2H2,1H3,(H5,4,5,6,7,8,9);;;;;;;;. The van der Waals surface area contributed by atoms with Crippen molar-refractivity contribution in [3.05, 3.63) is 0 Å². The van der Waals surface area contributed by atoms with Crippen LogP contribution in [0.15, 0.2) is 29.0 Å². The molecule has 0 bridgehead atoms. The highest BCUT2D eigenvalue weighted by molar-refractivity contribution is 7.52. The molecule has 4 heterocycles. The molecule has 0 aromatic carbocycles. The van der Waals surface area contributed by atoms with Gasteiger partial charge >= 0.3 is 103 Å². The molecule has 0 spiro atoms. The van der Waals surface area contributed by atoms with E-state index in [1.54, 1.807) is 70.9 Å². The molecule has 0 amide bonds. The monoisotopic (exact) mass is 1940 g/mol. The Hall–Kier alpha value is -11.0. The van der Waals surface area contributed by atoms with Crippen LogP contribution >= 0.6 is 54.2 Å². The number of hydrogen-bond donors (Lipinski definition) is 26. The van der Waals surface area contributed by atoms with E-state index in [4.69, 9.17) is 207 Å². The quantitative estimate of drug-likeness (QED) is 0.0411. The zero-order valence-corrected chi connectivity index (χ0v) is 75.9. The van der Waals surface area contributed by atoms with Crippen LogP contribution < -0.4 is 45.2 Å². The lowest BCUT2D eigenvalue weighted by atomic mass is 10.4. The number of amidine groups is 1. The summed E-state index contributed by atoms with van der Waals surface area (Å²) in [6.07, 6.45) is 5.39. The van der Waals surface area contributed by atoms with Gasteiger partial charge in [-0.15, -0.1) is 19.1 Å². The van der Waals surface area contributed by atoms with E-state index in [0.717, 1.165) is 60.9 Å². The van der Waals surface area contributed by atoms with Crippen LogP contribution in [-0.4, -0.2) is 378 Å². The van der Waals surface area contributed by atoms with Gasteiger partial charge in [0.15, 0.2) is 17.9 Å². The van der Waals surface area contributed by atoms with Gasteiger partial charge in [0.2, 0.25) is 35.8 Å². The molecule has 0 aliphatic carbocycles. The number of rotatable bonds is 15. The topological polar surface area (TPSA) is 1080 Å². The Balaban J connectivity index is -0.0000000879. The maximum atomic E-state index is 10.8. The molecular formula is C51H114N29O37P7. The summed E-state index contributed by atoms with van der Waals surface area (Å²) in [6.45, 7) is 25.0. The zero-order valence-electron chi connectivity index (χ0n) is 69.7. The lowest BCUT2D eigenvalue weighted by Crippen LogP contribution is -2.34. The predicted molar refractivity (Wildman–Crippen MR) is 426 cm³/mol. The van der Waals surface area contributed by atoms with Crippen molar-refractivity contribution in [1.82, 2.24) is 58.5 Å². The highest BCUT2D eigenvalue weighted by Gasteiger charge is 2.36. The first-order valence-electron chi connectivity index (χ1n) is 32.7. The molecule has 0 aromatic heterocycles. The molecule has 33 N–H and O–H groups in total. The fourth-order valence-corrected chi connectivity index (χ4v) is 9.63. The summed E-state index contributed by atoms with van der Waals surface area (Å²) in [5, 5.41) is 30.3. The van der Waals surface area contributed by atoms with Crippen molar-refractivity contribution in [2.45, 2.75) is 74.7 Å². The minimum Gasteiger partial charge on any atom is -0.370 e. The van der Waals surface area contributed by atoms with Crippen LogP contribution in [0, 0.1) is 21.6 Å². The second-order valence-electron chi connectivity index (χ2n) is 20.8. The number of guanidine groups is 9. The van der Waals surface area contributed by atoms with Crippen LogP contribution in [0.2, 0.25) is 0 Å². The van der Waals surface area contributed by atoms with Crippen molar-refractivity contribution in [2.75, 3.05) is 148 Å². The molecule has 0 radical (unpaired) electrons. The van der Waals surface area contributed by atoms with Crippen LogP contribution in [0.25, 0.3) is 0 Å². The molecule has 4 aliphatic rings. The first-order valence-corrected chi connectivity index (χ1v) is 43.7. The van der Waals surface area contributed by atoms with Gasteiger partial charge in [-0.3, -0.25) is 36.7 Å². The maximum Gasteiger partial charge on any atom is 0.451 e. The summed E-state index contributed by atoms with van der Waals surface area (Å²) >= 11 is 0. The lowest BCUT2D eigenvalue weighted by Gasteiger charge is -2.20. The summed E-state index contributed by atoms with van der Waals surface area (Å²) < 4.78 is 86.0. The lowest BCUT2D eigenvalue weighted by molar-refractivity contribution is -0.193.